The molecule has 0 saturated carbocycles. The van der Waals surface area contributed by atoms with Crippen molar-refractivity contribution >= 4 is 17.3 Å². The molecule has 1 rings (SSSR count). The molecule has 4 heteroatoms. The van der Waals surface area contributed by atoms with Crippen molar-refractivity contribution in [3.63, 3.8) is 0 Å². The van der Waals surface area contributed by atoms with Crippen LogP contribution in [0.5, 0.6) is 0 Å². The second-order valence-electron chi connectivity index (χ2n) is 3.78. The third-order valence-electron chi connectivity index (χ3n) is 1.63. The van der Waals surface area contributed by atoms with Crippen LogP contribution in [0.4, 0.5) is 0 Å². The molecule has 3 nitrogen and oxygen atoms in total. The van der Waals surface area contributed by atoms with Crippen LogP contribution in [-0.4, -0.2) is 18.1 Å². The van der Waals surface area contributed by atoms with Gasteiger partial charge in [-0.25, -0.2) is 9.78 Å². The molecule has 0 aliphatic heterocycles. The van der Waals surface area contributed by atoms with Gasteiger partial charge in [-0.15, -0.1) is 11.3 Å². The highest BCUT2D eigenvalue weighted by molar-refractivity contribution is 7.11. The summed E-state index contributed by atoms with van der Waals surface area (Å²) in [4.78, 5) is 15.3. The number of aromatic nitrogens is 1. The van der Waals surface area contributed by atoms with E-state index in [0.717, 1.165) is 5.69 Å². The van der Waals surface area contributed by atoms with Gasteiger partial charge in [-0.05, 0) is 0 Å². The Hall–Kier alpha value is -0.900. The topological polar surface area (TPSA) is 39.2 Å². The molecule has 0 bridgehead atoms. The Balaban J connectivity index is 2.93. The van der Waals surface area contributed by atoms with Crippen molar-refractivity contribution in [1.82, 2.24) is 4.98 Å². The Kier molecular flexibility index (Phi) is 2.71. The first-order valence-electron chi connectivity index (χ1n) is 3.99. The third-order valence-corrected chi connectivity index (χ3v) is 2.45. The first-order valence-corrected chi connectivity index (χ1v) is 4.87. The molecule has 0 N–H and O–H groups in total. The number of hydrogen-bond donors (Lipinski definition) is 0. The van der Waals surface area contributed by atoms with Crippen LogP contribution in [0.15, 0.2) is 5.38 Å². The van der Waals surface area contributed by atoms with Gasteiger partial charge in [-0.3, -0.25) is 0 Å². The molecule has 0 aliphatic rings. The van der Waals surface area contributed by atoms with Gasteiger partial charge in [0.1, 0.15) is 0 Å². The van der Waals surface area contributed by atoms with Crippen molar-refractivity contribution in [2.24, 2.45) is 0 Å². The molecule has 0 unspecified atom stereocenters. The first kappa shape index (κ1) is 10.2. The summed E-state index contributed by atoms with van der Waals surface area (Å²) in [6.45, 7) is 6.18. The maximum absolute atomic E-state index is 11.1. The average Bonchev–Trinajstić information content (AvgIpc) is 2.50. The fraction of sp³-hybridized carbons (Fsp3) is 0.556. The predicted molar refractivity (Wildman–Crippen MR) is 52.2 cm³/mol. The normalized spacial score (nSPS) is 11.4. The summed E-state index contributed by atoms with van der Waals surface area (Å²) >= 11 is 1.32. The second-order valence-corrected chi connectivity index (χ2v) is 4.64. The summed E-state index contributed by atoms with van der Waals surface area (Å²) < 4.78 is 4.57. The van der Waals surface area contributed by atoms with E-state index in [1.54, 1.807) is 0 Å². The highest BCUT2D eigenvalue weighted by Crippen LogP contribution is 2.23. The number of thiazole rings is 1. The standard InChI is InChI=1S/C9H13NO2S/c1-9(2,3)6-5-13-7(10-6)8(11)12-4/h5H,1-4H3. The van der Waals surface area contributed by atoms with E-state index in [2.05, 4.69) is 30.5 Å². The van der Waals surface area contributed by atoms with E-state index in [9.17, 15) is 4.79 Å². The summed E-state index contributed by atoms with van der Waals surface area (Å²) in [5, 5.41) is 2.32. The van der Waals surface area contributed by atoms with Crippen molar-refractivity contribution in [1.29, 1.82) is 0 Å². The maximum atomic E-state index is 11.1. The third kappa shape index (κ3) is 2.28. The van der Waals surface area contributed by atoms with Gasteiger partial charge >= 0.3 is 5.97 Å². The van der Waals surface area contributed by atoms with E-state index in [-0.39, 0.29) is 11.4 Å². The van der Waals surface area contributed by atoms with Gasteiger partial charge in [0.25, 0.3) is 0 Å². The zero-order chi connectivity index (χ0) is 10.1. The number of hydrogen-bond acceptors (Lipinski definition) is 4. The fourth-order valence-electron chi connectivity index (χ4n) is 0.799. The largest absolute Gasteiger partial charge is 0.464 e. The molecule has 1 aromatic heterocycles. The predicted octanol–water partition coefficient (Wildman–Crippen LogP) is 2.23. The monoisotopic (exact) mass is 199 g/mol. The molecule has 0 saturated heterocycles. The lowest BCUT2D eigenvalue weighted by Crippen LogP contribution is -2.12. The Bertz CT molecular complexity index is 312. The zero-order valence-electron chi connectivity index (χ0n) is 8.25. The zero-order valence-corrected chi connectivity index (χ0v) is 9.07. The number of ether oxygens (including phenoxy) is 1. The number of carbonyl (C=O) groups is 1. The van der Waals surface area contributed by atoms with E-state index >= 15 is 0 Å². The lowest BCUT2D eigenvalue weighted by Gasteiger charge is -2.13. The van der Waals surface area contributed by atoms with E-state index < -0.39 is 0 Å². The minimum Gasteiger partial charge on any atom is -0.464 e. The maximum Gasteiger partial charge on any atom is 0.367 e. The first-order chi connectivity index (χ1) is 5.95. The molecular weight excluding hydrogens is 186 g/mol. The number of carbonyl (C=O) groups excluding carboxylic acids is 1. The van der Waals surface area contributed by atoms with Crippen LogP contribution in [0.25, 0.3) is 0 Å². The molecule has 0 radical (unpaired) electrons. The van der Waals surface area contributed by atoms with Crippen molar-refractivity contribution in [2.75, 3.05) is 7.11 Å². The van der Waals surface area contributed by atoms with E-state index in [1.807, 2.05) is 5.38 Å². The van der Waals surface area contributed by atoms with Gasteiger partial charge in [0.05, 0.1) is 12.8 Å². The van der Waals surface area contributed by atoms with Gasteiger partial charge in [-0.2, -0.15) is 0 Å². The SMILES string of the molecule is COC(=O)c1nc(C(C)(C)C)cs1. The molecule has 13 heavy (non-hydrogen) atoms. The molecular formula is C9H13NO2S. The van der Waals surface area contributed by atoms with Gasteiger partial charge in [-0.1, -0.05) is 20.8 Å². The molecule has 1 aromatic rings. The fourth-order valence-corrected chi connectivity index (χ4v) is 1.76. The van der Waals surface area contributed by atoms with Crippen LogP contribution in [0.1, 0.15) is 36.3 Å². The molecule has 0 spiro atoms. The van der Waals surface area contributed by atoms with E-state index in [1.165, 1.54) is 18.4 Å². The Morgan fingerprint density at radius 1 is 1.54 bits per heavy atom. The van der Waals surface area contributed by atoms with Gasteiger partial charge in [0, 0.05) is 10.8 Å². The molecule has 0 fully saturated rings. The summed E-state index contributed by atoms with van der Waals surface area (Å²) in [5.41, 5.74) is 0.917. The minimum atomic E-state index is -0.361. The number of methoxy groups -OCH3 is 1. The van der Waals surface area contributed by atoms with Crippen LogP contribution in [-0.2, 0) is 10.2 Å². The Morgan fingerprint density at radius 3 is 2.54 bits per heavy atom. The van der Waals surface area contributed by atoms with Crippen LogP contribution in [0, 0.1) is 0 Å². The smallest absolute Gasteiger partial charge is 0.367 e. The summed E-state index contributed by atoms with van der Waals surface area (Å²) in [6, 6.07) is 0. The van der Waals surface area contributed by atoms with Crippen LogP contribution in [0.2, 0.25) is 0 Å². The highest BCUT2D eigenvalue weighted by Gasteiger charge is 2.19. The van der Waals surface area contributed by atoms with Crippen molar-refractivity contribution in [3.05, 3.63) is 16.1 Å². The second kappa shape index (κ2) is 3.46. The summed E-state index contributed by atoms with van der Waals surface area (Å²) in [6.07, 6.45) is 0. The Labute approximate surface area is 81.8 Å². The van der Waals surface area contributed by atoms with Crippen molar-refractivity contribution in [3.8, 4) is 0 Å². The number of esters is 1. The quantitative estimate of drug-likeness (QED) is 0.651. The molecule has 0 amide bonds. The lowest BCUT2D eigenvalue weighted by atomic mass is 9.93. The molecule has 0 aromatic carbocycles. The Morgan fingerprint density at radius 2 is 2.15 bits per heavy atom. The van der Waals surface area contributed by atoms with Gasteiger partial charge < -0.3 is 4.74 Å². The number of nitrogens with zero attached hydrogens (tertiary/aromatic N) is 1. The lowest BCUT2D eigenvalue weighted by molar-refractivity contribution is 0.0600. The molecule has 0 aliphatic carbocycles. The number of rotatable bonds is 1. The van der Waals surface area contributed by atoms with Crippen LogP contribution in [0.3, 0.4) is 0 Å². The summed E-state index contributed by atoms with van der Waals surface area (Å²) in [7, 11) is 1.36. The molecule has 0 atom stereocenters. The van der Waals surface area contributed by atoms with E-state index in [0.29, 0.717) is 5.01 Å². The molecule has 72 valence electrons. The average molecular weight is 199 g/mol. The van der Waals surface area contributed by atoms with Crippen LogP contribution < -0.4 is 0 Å². The molecule has 1 heterocycles. The van der Waals surface area contributed by atoms with Crippen LogP contribution >= 0.6 is 11.3 Å². The van der Waals surface area contributed by atoms with Gasteiger partial charge in [0.2, 0.25) is 5.01 Å². The van der Waals surface area contributed by atoms with Crippen molar-refractivity contribution < 1.29 is 9.53 Å². The highest BCUT2D eigenvalue weighted by atomic mass is 32.1. The summed E-state index contributed by atoms with van der Waals surface area (Å²) in [5.74, 6) is -0.361. The van der Waals surface area contributed by atoms with Gasteiger partial charge in [0.15, 0.2) is 0 Å². The van der Waals surface area contributed by atoms with Crippen molar-refractivity contribution in [2.45, 2.75) is 26.2 Å². The minimum absolute atomic E-state index is 0.0111. The van der Waals surface area contributed by atoms with E-state index in [4.69, 9.17) is 0 Å².